The summed E-state index contributed by atoms with van der Waals surface area (Å²) in [6, 6.07) is -0.753. The second-order valence-corrected chi connectivity index (χ2v) is 6.45. The third-order valence-corrected chi connectivity index (χ3v) is 4.90. The number of nitrogens with zero attached hydrogens (tertiary/aromatic N) is 1. The van der Waals surface area contributed by atoms with Crippen molar-refractivity contribution < 1.29 is 17.9 Å². The smallest absolute Gasteiger partial charge is 0.240 e. The lowest BCUT2D eigenvalue weighted by atomic mass is 10.2. The van der Waals surface area contributed by atoms with Gasteiger partial charge in [-0.2, -0.15) is 4.31 Å². The van der Waals surface area contributed by atoms with Crippen molar-refractivity contribution in [3.8, 4) is 0 Å². The number of unbranched alkanes of at least 4 members (excludes halogenated alkanes) is 1. The van der Waals surface area contributed by atoms with Crippen molar-refractivity contribution >= 4 is 15.9 Å². The van der Waals surface area contributed by atoms with Gasteiger partial charge in [-0.25, -0.2) is 8.42 Å². The van der Waals surface area contributed by atoms with Crippen LogP contribution in [0.2, 0.25) is 0 Å². The number of hydrogen-bond acceptors (Lipinski definition) is 5. The van der Waals surface area contributed by atoms with Crippen LogP contribution in [0.5, 0.6) is 0 Å². The first-order valence-electron chi connectivity index (χ1n) is 6.58. The fraction of sp³-hybridized carbons (Fsp3) is 0.909. The first-order valence-corrected chi connectivity index (χ1v) is 8.19. The van der Waals surface area contributed by atoms with Crippen molar-refractivity contribution in [2.75, 3.05) is 38.6 Å². The Morgan fingerprint density at radius 3 is 2.84 bits per heavy atom. The van der Waals surface area contributed by atoms with E-state index in [1.165, 1.54) is 4.31 Å². The molecule has 1 aliphatic rings. The van der Waals surface area contributed by atoms with E-state index in [0.29, 0.717) is 32.5 Å². The summed E-state index contributed by atoms with van der Waals surface area (Å²) < 4.78 is 30.9. The van der Waals surface area contributed by atoms with E-state index in [1.807, 2.05) is 0 Å². The summed E-state index contributed by atoms with van der Waals surface area (Å²) in [5, 5.41) is 2.64. The van der Waals surface area contributed by atoms with Gasteiger partial charge in [-0.15, -0.1) is 0 Å². The molecule has 0 spiro atoms. The van der Waals surface area contributed by atoms with E-state index in [2.05, 4.69) is 5.32 Å². The highest BCUT2D eigenvalue weighted by molar-refractivity contribution is 7.89. The number of amides is 1. The Bertz CT molecular complexity index is 385. The quantitative estimate of drug-likeness (QED) is 0.580. The Labute approximate surface area is 114 Å². The molecule has 1 aliphatic heterocycles. The van der Waals surface area contributed by atoms with Crippen LogP contribution < -0.4 is 11.1 Å². The van der Waals surface area contributed by atoms with Crippen LogP contribution in [0, 0.1) is 0 Å². The average molecular weight is 293 g/mol. The Morgan fingerprint density at radius 2 is 2.21 bits per heavy atom. The van der Waals surface area contributed by atoms with Crippen LogP contribution >= 0.6 is 0 Å². The SMILES string of the molecule is CCNC(=O)C1COCCN1S(=O)(=O)CCCCN. The van der Waals surface area contributed by atoms with Crippen LogP contribution in [0.3, 0.4) is 0 Å². The molecular weight excluding hydrogens is 270 g/mol. The fourth-order valence-corrected chi connectivity index (χ4v) is 3.67. The number of likely N-dealkylation sites (N-methyl/N-ethyl adjacent to an activating group) is 1. The molecule has 0 aromatic carbocycles. The van der Waals surface area contributed by atoms with Gasteiger partial charge in [-0.1, -0.05) is 0 Å². The second kappa shape index (κ2) is 7.78. The first kappa shape index (κ1) is 16.4. The molecule has 7 nitrogen and oxygen atoms in total. The standard InChI is InChI=1S/C11H23N3O4S/c1-2-13-11(15)10-9-18-7-6-14(10)19(16,17)8-4-3-5-12/h10H,2-9,12H2,1H3,(H,13,15). The number of carbonyl (C=O) groups excluding carboxylic acids is 1. The summed E-state index contributed by atoms with van der Waals surface area (Å²) in [5.74, 6) is -0.273. The predicted molar refractivity (Wildman–Crippen MR) is 72.1 cm³/mol. The molecule has 1 unspecified atom stereocenters. The molecule has 1 heterocycles. The third-order valence-electron chi connectivity index (χ3n) is 2.95. The minimum absolute atomic E-state index is 0.0279. The van der Waals surface area contributed by atoms with Gasteiger partial charge >= 0.3 is 0 Å². The minimum Gasteiger partial charge on any atom is -0.378 e. The summed E-state index contributed by atoms with van der Waals surface area (Å²) in [7, 11) is -3.43. The highest BCUT2D eigenvalue weighted by Gasteiger charge is 2.36. The Kier molecular flexibility index (Phi) is 6.70. The highest BCUT2D eigenvalue weighted by atomic mass is 32.2. The van der Waals surface area contributed by atoms with E-state index in [1.54, 1.807) is 6.92 Å². The molecule has 0 aliphatic carbocycles. The molecule has 0 bridgehead atoms. The van der Waals surface area contributed by atoms with Crippen molar-refractivity contribution in [1.82, 2.24) is 9.62 Å². The molecule has 8 heteroatoms. The summed E-state index contributed by atoms with van der Waals surface area (Å²) >= 11 is 0. The molecular formula is C11H23N3O4S. The molecule has 0 aromatic rings. The lowest BCUT2D eigenvalue weighted by Gasteiger charge is -2.33. The molecule has 0 aromatic heterocycles. The Morgan fingerprint density at radius 1 is 1.47 bits per heavy atom. The van der Waals surface area contributed by atoms with Gasteiger partial charge in [0.05, 0.1) is 19.0 Å². The maximum Gasteiger partial charge on any atom is 0.240 e. The fourth-order valence-electron chi connectivity index (χ4n) is 1.97. The summed E-state index contributed by atoms with van der Waals surface area (Å²) in [6.45, 7) is 3.40. The van der Waals surface area contributed by atoms with E-state index in [4.69, 9.17) is 10.5 Å². The van der Waals surface area contributed by atoms with Crippen LogP contribution in [0.15, 0.2) is 0 Å². The van der Waals surface area contributed by atoms with E-state index in [0.717, 1.165) is 0 Å². The minimum atomic E-state index is -3.43. The number of hydrogen-bond donors (Lipinski definition) is 2. The number of ether oxygens (including phenoxy) is 1. The topological polar surface area (TPSA) is 102 Å². The van der Waals surface area contributed by atoms with Crippen LogP contribution in [-0.4, -0.2) is 63.3 Å². The zero-order chi connectivity index (χ0) is 14.3. The predicted octanol–water partition coefficient (Wildman–Crippen LogP) is -1.11. The van der Waals surface area contributed by atoms with Gasteiger partial charge in [-0.3, -0.25) is 4.79 Å². The van der Waals surface area contributed by atoms with Crippen molar-refractivity contribution in [3.05, 3.63) is 0 Å². The van der Waals surface area contributed by atoms with Gasteiger partial charge in [0.1, 0.15) is 6.04 Å². The molecule has 1 amide bonds. The molecule has 1 saturated heterocycles. The lowest BCUT2D eigenvalue weighted by Crippen LogP contribution is -2.56. The molecule has 1 rings (SSSR count). The highest BCUT2D eigenvalue weighted by Crippen LogP contribution is 2.14. The monoisotopic (exact) mass is 293 g/mol. The van der Waals surface area contributed by atoms with Gasteiger partial charge in [-0.05, 0) is 26.3 Å². The van der Waals surface area contributed by atoms with Gasteiger partial charge in [0.25, 0.3) is 0 Å². The maximum atomic E-state index is 12.2. The summed E-state index contributed by atoms with van der Waals surface area (Å²) in [6.07, 6.45) is 1.17. The first-order chi connectivity index (χ1) is 9.03. The molecule has 3 N–H and O–H groups in total. The normalized spacial score (nSPS) is 21.3. The van der Waals surface area contributed by atoms with Crippen LogP contribution in [0.4, 0.5) is 0 Å². The van der Waals surface area contributed by atoms with Crippen molar-refractivity contribution in [1.29, 1.82) is 0 Å². The molecule has 0 saturated carbocycles. The van der Waals surface area contributed by atoms with Gasteiger partial charge in [0, 0.05) is 13.1 Å². The van der Waals surface area contributed by atoms with Crippen molar-refractivity contribution in [2.45, 2.75) is 25.8 Å². The Hall–Kier alpha value is -0.700. The Balaban J connectivity index is 2.72. The summed E-state index contributed by atoms with van der Waals surface area (Å²) in [5.41, 5.74) is 5.36. The zero-order valence-corrected chi connectivity index (χ0v) is 12.1. The number of morpholine rings is 1. The number of nitrogens with one attached hydrogen (secondary N) is 1. The van der Waals surface area contributed by atoms with Gasteiger partial charge in [0.15, 0.2) is 0 Å². The molecule has 112 valence electrons. The molecule has 1 fully saturated rings. The molecule has 19 heavy (non-hydrogen) atoms. The van der Waals surface area contributed by atoms with Gasteiger partial charge < -0.3 is 15.8 Å². The van der Waals surface area contributed by atoms with E-state index in [9.17, 15) is 13.2 Å². The van der Waals surface area contributed by atoms with Crippen LogP contribution in [0.1, 0.15) is 19.8 Å². The third kappa shape index (κ3) is 4.72. The molecule has 1 atom stereocenters. The summed E-state index contributed by atoms with van der Waals surface area (Å²) in [4.78, 5) is 11.9. The van der Waals surface area contributed by atoms with E-state index < -0.39 is 16.1 Å². The van der Waals surface area contributed by atoms with Crippen LogP contribution in [-0.2, 0) is 19.6 Å². The molecule has 0 radical (unpaired) electrons. The van der Waals surface area contributed by atoms with Crippen LogP contribution in [0.25, 0.3) is 0 Å². The number of sulfonamides is 1. The van der Waals surface area contributed by atoms with Crippen molar-refractivity contribution in [2.24, 2.45) is 5.73 Å². The van der Waals surface area contributed by atoms with Gasteiger partial charge in [0.2, 0.25) is 15.9 Å². The number of rotatable bonds is 7. The second-order valence-electron chi connectivity index (χ2n) is 4.41. The van der Waals surface area contributed by atoms with Crippen molar-refractivity contribution in [3.63, 3.8) is 0 Å². The van der Waals surface area contributed by atoms with E-state index >= 15 is 0 Å². The van der Waals surface area contributed by atoms with E-state index in [-0.39, 0.29) is 24.8 Å². The number of nitrogens with two attached hydrogens (primary N) is 1. The largest absolute Gasteiger partial charge is 0.378 e. The zero-order valence-electron chi connectivity index (χ0n) is 11.3. The lowest BCUT2D eigenvalue weighted by molar-refractivity contribution is -0.129. The number of carbonyl (C=O) groups is 1. The average Bonchev–Trinajstić information content (AvgIpc) is 2.39. The maximum absolute atomic E-state index is 12.2.